The third-order valence-electron chi connectivity index (χ3n) is 4.89. The monoisotopic (exact) mass is 398 g/mol. The Hall–Kier alpha value is -3.07. The van der Waals surface area contributed by atoms with Crippen molar-refractivity contribution in [2.24, 2.45) is 5.92 Å². The fraction of sp³-hybridized carbons (Fsp3) is 0.316. The summed E-state index contributed by atoms with van der Waals surface area (Å²) < 4.78 is 1.08. The number of aromatic carboxylic acids is 1. The van der Waals surface area contributed by atoms with Gasteiger partial charge in [-0.2, -0.15) is 0 Å². The van der Waals surface area contributed by atoms with Gasteiger partial charge in [0.1, 0.15) is 6.54 Å². The van der Waals surface area contributed by atoms with Crippen molar-refractivity contribution in [3.05, 3.63) is 50.6 Å². The minimum absolute atomic E-state index is 0.127. The molecule has 0 saturated carbocycles. The Kier molecular flexibility index (Phi) is 4.68. The molecule has 9 heteroatoms. The van der Waals surface area contributed by atoms with Crippen molar-refractivity contribution in [3.8, 4) is 0 Å². The first-order valence-electron chi connectivity index (χ1n) is 8.93. The zero-order chi connectivity index (χ0) is 19.8. The van der Waals surface area contributed by atoms with E-state index in [1.54, 1.807) is 0 Å². The first kappa shape index (κ1) is 18.3. The van der Waals surface area contributed by atoms with Crippen LogP contribution >= 0.6 is 11.3 Å². The van der Waals surface area contributed by atoms with Gasteiger partial charge in [-0.15, -0.1) is 16.4 Å². The minimum Gasteiger partial charge on any atom is -0.478 e. The number of carboxylic acids is 1. The number of hydrogen-bond acceptors (Lipinski definition) is 6. The van der Waals surface area contributed by atoms with Gasteiger partial charge in [-0.25, -0.2) is 9.48 Å². The molecule has 1 unspecified atom stereocenters. The van der Waals surface area contributed by atoms with Crippen LogP contribution in [0.15, 0.2) is 29.1 Å². The summed E-state index contributed by atoms with van der Waals surface area (Å²) in [6.07, 6.45) is 2.83. The fourth-order valence-electron chi connectivity index (χ4n) is 3.43. The molecular formula is C19H18N4O4S. The molecular weight excluding hydrogens is 380 g/mol. The van der Waals surface area contributed by atoms with E-state index in [4.69, 9.17) is 5.11 Å². The van der Waals surface area contributed by atoms with Crippen molar-refractivity contribution >= 4 is 39.1 Å². The largest absolute Gasteiger partial charge is 0.478 e. The number of amides is 1. The van der Waals surface area contributed by atoms with E-state index < -0.39 is 11.9 Å². The maximum Gasteiger partial charge on any atom is 0.335 e. The lowest BCUT2D eigenvalue weighted by molar-refractivity contribution is -0.117. The number of nitrogens with zero attached hydrogens (tertiary/aromatic N) is 3. The Labute approximate surface area is 163 Å². The lowest BCUT2D eigenvalue weighted by Gasteiger charge is -2.17. The molecule has 28 heavy (non-hydrogen) atoms. The first-order chi connectivity index (χ1) is 13.4. The van der Waals surface area contributed by atoms with Crippen molar-refractivity contribution in [2.75, 3.05) is 5.32 Å². The van der Waals surface area contributed by atoms with Gasteiger partial charge in [0.15, 0.2) is 4.83 Å². The van der Waals surface area contributed by atoms with E-state index in [0.717, 1.165) is 29.5 Å². The summed E-state index contributed by atoms with van der Waals surface area (Å²) in [5.74, 6) is -0.882. The average Bonchev–Trinajstić information content (AvgIpc) is 3.02. The highest BCUT2D eigenvalue weighted by Crippen LogP contribution is 2.35. The van der Waals surface area contributed by atoms with Crippen molar-refractivity contribution < 1.29 is 14.7 Å². The Morgan fingerprint density at radius 3 is 2.79 bits per heavy atom. The number of anilines is 1. The number of hydrogen-bond donors (Lipinski definition) is 2. The molecule has 0 aliphatic heterocycles. The molecule has 0 bridgehead atoms. The molecule has 0 radical (unpaired) electrons. The van der Waals surface area contributed by atoms with Gasteiger partial charge < -0.3 is 10.4 Å². The molecule has 1 atom stereocenters. The number of aryl methyl sites for hydroxylation is 1. The highest BCUT2D eigenvalue weighted by atomic mass is 32.1. The summed E-state index contributed by atoms with van der Waals surface area (Å²) in [5, 5.41) is 20.2. The molecule has 1 amide bonds. The van der Waals surface area contributed by atoms with Gasteiger partial charge in [0.25, 0.3) is 5.56 Å². The molecule has 1 aliphatic carbocycles. The molecule has 2 heterocycles. The van der Waals surface area contributed by atoms with Crippen LogP contribution in [0.4, 0.5) is 5.69 Å². The van der Waals surface area contributed by atoms with Gasteiger partial charge >= 0.3 is 5.97 Å². The minimum atomic E-state index is -1.04. The predicted molar refractivity (Wildman–Crippen MR) is 105 cm³/mol. The highest BCUT2D eigenvalue weighted by molar-refractivity contribution is 7.18. The van der Waals surface area contributed by atoms with Crippen LogP contribution in [-0.2, 0) is 24.2 Å². The van der Waals surface area contributed by atoms with Gasteiger partial charge in [-0.05, 0) is 55.0 Å². The molecule has 2 N–H and O–H groups in total. The van der Waals surface area contributed by atoms with Gasteiger partial charge in [0.2, 0.25) is 5.91 Å². The van der Waals surface area contributed by atoms with Gasteiger partial charge in [0.05, 0.1) is 10.9 Å². The molecule has 0 spiro atoms. The summed E-state index contributed by atoms with van der Waals surface area (Å²) in [5.41, 5.74) is 1.32. The molecule has 1 aromatic carbocycles. The SMILES string of the molecule is CC1CCc2c(sc3nnn(CC(=O)Nc4ccc(C(=O)O)cc4)c(=O)c23)C1. The molecule has 1 aliphatic rings. The van der Waals surface area contributed by atoms with Crippen LogP contribution in [0.5, 0.6) is 0 Å². The second kappa shape index (κ2) is 7.16. The maximum absolute atomic E-state index is 12.9. The second-order valence-electron chi connectivity index (χ2n) is 7.01. The van der Waals surface area contributed by atoms with Crippen LogP contribution in [0, 0.1) is 5.92 Å². The Morgan fingerprint density at radius 2 is 2.07 bits per heavy atom. The van der Waals surface area contributed by atoms with Gasteiger partial charge in [-0.1, -0.05) is 12.1 Å². The van der Waals surface area contributed by atoms with Crippen molar-refractivity contribution in [1.82, 2.24) is 15.0 Å². The van der Waals surface area contributed by atoms with Gasteiger partial charge in [0, 0.05) is 10.6 Å². The van der Waals surface area contributed by atoms with Crippen LogP contribution in [0.3, 0.4) is 0 Å². The van der Waals surface area contributed by atoms with Crippen LogP contribution in [-0.4, -0.2) is 32.0 Å². The molecule has 3 aromatic rings. The number of aromatic nitrogens is 3. The number of carbonyl (C=O) groups excluding carboxylic acids is 1. The van der Waals surface area contributed by atoms with Gasteiger partial charge in [-0.3, -0.25) is 9.59 Å². The molecule has 0 fully saturated rings. The Balaban J connectivity index is 1.56. The quantitative estimate of drug-likeness (QED) is 0.697. The smallest absolute Gasteiger partial charge is 0.335 e. The van der Waals surface area contributed by atoms with Crippen LogP contribution in [0.1, 0.15) is 34.1 Å². The van der Waals surface area contributed by atoms with E-state index in [9.17, 15) is 14.4 Å². The predicted octanol–water partition coefficient (Wildman–Crippen LogP) is 2.31. The van der Waals surface area contributed by atoms with Crippen LogP contribution in [0.25, 0.3) is 10.2 Å². The number of thiophene rings is 1. The van der Waals surface area contributed by atoms with E-state index in [1.807, 2.05) is 0 Å². The number of rotatable bonds is 4. The first-order valence-corrected chi connectivity index (χ1v) is 9.75. The average molecular weight is 398 g/mol. The molecule has 4 rings (SSSR count). The van der Waals surface area contributed by atoms with E-state index >= 15 is 0 Å². The standard InChI is InChI=1S/C19H18N4O4S/c1-10-2-7-13-14(8-10)28-17-16(13)18(25)23(22-21-17)9-15(24)20-12-5-3-11(4-6-12)19(26)27/h3-6,10H,2,7-9H2,1H3,(H,20,24)(H,26,27). The third kappa shape index (κ3) is 3.40. The van der Waals surface area contributed by atoms with E-state index in [0.29, 0.717) is 21.8 Å². The molecule has 144 valence electrons. The Bertz CT molecular complexity index is 1130. The van der Waals surface area contributed by atoms with Crippen molar-refractivity contribution in [2.45, 2.75) is 32.7 Å². The second-order valence-corrected chi connectivity index (χ2v) is 8.10. The fourth-order valence-corrected chi connectivity index (χ4v) is 4.75. The number of benzene rings is 1. The summed E-state index contributed by atoms with van der Waals surface area (Å²) >= 11 is 1.52. The number of carboxylic acid groups (broad SMARTS) is 1. The summed E-state index contributed by atoms with van der Waals surface area (Å²) in [7, 11) is 0. The van der Waals surface area contributed by atoms with E-state index in [-0.39, 0.29) is 17.7 Å². The van der Waals surface area contributed by atoms with Crippen molar-refractivity contribution in [1.29, 1.82) is 0 Å². The number of nitrogens with one attached hydrogen (secondary N) is 1. The number of carbonyl (C=O) groups is 2. The third-order valence-corrected chi connectivity index (χ3v) is 6.03. The zero-order valence-corrected chi connectivity index (χ0v) is 16.0. The van der Waals surface area contributed by atoms with E-state index in [1.165, 1.54) is 40.5 Å². The van der Waals surface area contributed by atoms with Crippen LogP contribution in [0.2, 0.25) is 0 Å². The number of fused-ring (bicyclic) bond motifs is 3. The highest BCUT2D eigenvalue weighted by Gasteiger charge is 2.24. The zero-order valence-electron chi connectivity index (χ0n) is 15.1. The molecule has 8 nitrogen and oxygen atoms in total. The maximum atomic E-state index is 12.9. The molecule has 0 saturated heterocycles. The lowest BCUT2D eigenvalue weighted by Crippen LogP contribution is -2.30. The van der Waals surface area contributed by atoms with Crippen LogP contribution < -0.4 is 10.9 Å². The summed E-state index contributed by atoms with van der Waals surface area (Å²) in [6.45, 7) is 1.94. The molecule has 2 aromatic heterocycles. The summed E-state index contributed by atoms with van der Waals surface area (Å²) in [6, 6.07) is 5.79. The summed E-state index contributed by atoms with van der Waals surface area (Å²) in [4.78, 5) is 37.9. The Morgan fingerprint density at radius 1 is 1.32 bits per heavy atom. The van der Waals surface area contributed by atoms with Crippen molar-refractivity contribution in [3.63, 3.8) is 0 Å². The lowest BCUT2D eigenvalue weighted by atomic mass is 9.89. The van der Waals surface area contributed by atoms with E-state index in [2.05, 4.69) is 22.6 Å². The normalized spacial score (nSPS) is 16.0. The topological polar surface area (TPSA) is 114 Å².